The van der Waals surface area contributed by atoms with Crippen LogP contribution in [0, 0.1) is 0 Å². The largest absolute Gasteiger partial charge is 0.492 e. The first-order chi connectivity index (χ1) is 15.9. The molecule has 2 amide bonds. The second kappa shape index (κ2) is 10.4. The first-order valence-corrected chi connectivity index (χ1v) is 12.8. The van der Waals surface area contributed by atoms with Gasteiger partial charge in [0.2, 0.25) is 15.9 Å². The number of carbonyl (C=O) groups is 2. The highest BCUT2D eigenvalue weighted by Crippen LogP contribution is 2.23. The molecule has 2 saturated heterocycles. The predicted octanol–water partition coefficient (Wildman–Crippen LogP) is 2.80. The molecule has 0 saturated carbocycles. The fourth-order valence-electron chi connectivity index (χ4n) is 4.13. The van der Waals surface area contributed by atoms with E-state index in [1.807, 2.05) is 6.07 Å². The van der Waals surface area contributed by atoms with Gasteiger partial charge in [0.05, 0.1) is 11.4 Å². The summed E-state index contributed by atoms with van der Waals surface area (Å²) in [7, 11) is -3.46. The van der Waals surface area contributed by atoms with Gasteiger partial charge in [-0.05, 0) is 61.7 Å². The maximum absolute atomic E-state index is 12.7. The zero-order chi connectivity index (χ0) is 23.3. The molecular weight excluding hydrogens is 442 g/mol. The van der Waals surface area contributed by atoms with Gasteiger partial charge in [-0.3, -0.25) is 9.59 Å². The van der Waals surface area contributed by atoms with E-state index in [9.17, 15) is 18.0 Å². The van der Waals surface area contributed by atoms with Crippen LogP contribution in [-0.4, -0.2) is 57.3 Å². The molecule has 0 aromatic heterocycles. The van der Waals surface area contributed by atoms with Crippen molar-refractivity contribution in [3.63, 3.8) is 0 Å². The third kappa shape index (κ3) is 5.54. The molecule has 9 heteroatoms. The van der Waals surface area contributed by atoms with E-state index in [0.29, 0.717) is 43.9 Å². The van der Waals surface area contributed by atoms with Crippen LogP contribution in [0.3, 0.4) is 0 Å². The van der Waals surface area contributed by atoms with Crippen LogP contribution in [0.5, 0.6) is 5.75 Å². The lowest BCUT2D eigenvalue weighted by atomic mass is 10.1. The molecule has 0 bridgehead atoms. The van der Waals surface area contributed by atoms with Crippen LogP contribution in [0.2, 0.25) is 0 Å². The SMILES string of the molecule is O=C(NCCOc1ccc(S(=O)(=O)N2CCCCC2)cc1)c1cccc(N2CCCC2=O)c1. The lowest BCUT2D eigenvalue weighted by Gasteiger charge is -2.25. The molecular formula is C24H29N3O5S. The molecule has 2 aliphatic heterocycles. The van der Waals surface area contributed by atoms with E-state index >= 15 is 0 Å². The van der Waals surface area contributed by atoms with E-state index in [2.05, 4.69) is 5.32 Å². The molecule has 0 aliphatic carbocycles. The molecule has 0 unspecified atom stereocenters. The minimum atomic E-state index is -3.46. The molecule has 2 aromatic carbocycles. The number of sulfonamides is 1. The minimum Gasteiger partial charge on any atom is -0.492 e. The summed E-state index contributed by atoms with van der Waals surface area (Å²) in [5, 5.41) is 2.81. The summed E-state index contributed by atoms with van der Waals surface area (Å²) in [6.07, 6.45) is 4.23. The summed E-state index contributed by atoms with van der Waals surface area (Å²) >= 11 is 0. The Hall–Kier alpha value is -2.91. The molecule has 2 aliphatic rings. The molecule has 1 N–H and O–H groups in total. The number of nitrogens with zero attached hydrogens (tertiary/aromatic N) is 2. The number of ether oxygens (including phenoxy) is 1. The number of rotatable bonds is 8. The van der Waals surface area contributed by atoms with E-state index in [1.54, 1.807) is 47.4 Å². The molecule has 33 heavy (non-hydrogen) atoms. The van der Waals surface area contributed by atoms with Crippen LogP contribution in [0.1, 0.15) is 42.5 Å². The van der Waals surface area contributed by atoms with Crippen LogP contribution < -0.4 is 15.0 Å². The maximum atomic E-state index is 12.7. The van der Waals surface area contributed by atoms with Crippen molar-refractivity contribution in [1.82, 2.24) is 9.62 Å². The zero-order valence-corrected chi connectivity index (χ0v) is 19.4. The Labute approximate surface area is 194 Å². The van der Waals surface area contributed by atoms with Gasteiger partial charge in [0, 0.05) is 37.3 Å². The van der Waals surface area contributed by atoms with Crippen LogP contribution in [-0.2, 0) is 14.8 Å². The number of amides is 2. The fourth-order valence-corrected chi connectivity index (χ4v) is 5.65. The number of nitrogens with one attached hydrogen (secondary N) is 1. The monoisotopic (exact) mass is 471 g/mol. The van der Waals surface area contributed by atoms with Gasteiger partial charge < -0.3 is 15.0 Å². The number of anilines is 1. The van der Waals surface area contributed by atoms with E-state index in [0.717, 1.165) is 31.4 Å². The number of benzene rings is 2. The van der Waals surface area contributed by atoms with Crippen molar-refractivity contribution >= 4 is 27.5 Å². The Morgan fingerprint density at radius 1 is 0.970 bits per heavy atom. The second-order valence-electron chi connectivity index (χ2n) is 8.24. The number of hydrogen-bond acceptors (Lipinski definition) is 5. The van der Waals surface area contributed by atoms with Gasteiger partial charge in [0.25, 0.3) is 5.91 Å². The lowest BCUT2D eigenvalue weighted by molar-refractivity contribution is -0.117. The van der Waals surface area contributed by atoms with E-state index in [1.165, 1.54) is 4.31 Å². The Morgan fingerprint density at radius 2 is 1.73 bits per heavy atom. The van der Waals surface area contributed by atoms with E-state index < -0.39 is 10.0 Å². The normalized spacial score (nSPS) is 17.2. The van der Waals surface area contributed by atoms with Crippen molar-refractivity contribution in [2.24, 2.45) is 0 Å². The molecule has 0 spiro atoms. The van der Waals surface area contributed by atoms with Gasteiger partial charge >= 0.3 is 0 Å². The van der Waals surface area contributed by atoms with Gasteiger partial charge in [0.1, 0.15) is 12.4 Å². The van der Waals surface area contributed by atoms with Gasteiger partial charge in [-0.1, -0.05) is 12.5 Å². The average molecular weight is 472 g/mol. The highest BCUT2D eigenvalue weighted by atomic mass is 32.2. The lowest BCUT2D eigenvalue weighted by Crippen LogP contribution is -2.35. The van der Waals surface area contributed by atoms with Gasteiger partial charge in [0.15, 0.2) is 0 Å². The van der Waals surface area contributed by atoms with E-state index in [-0.39, 0.29) is 23.3 Å². The second-order valence-corrected chi connectivity index (χ2v) is 10.2. The Kier molecular flexibility index (Phi) is 7.29. The maximum Gasteiger partial charge on any atom is 0.251 e. The number of piperidine rings is 1. The highest BCUT2D eigenvalue weighted by Gasteiger charge is 2.26. The first kappa shape index (κ1) is 23.3. The molecule has 2 heterocycles. The topological polar surface area (TPSA) is 96.0 Å². The van der Waals surface area contributed by atoms with Crippen molar-refractivity contribution < 1.29 is 22.7 Å². The van der Waals surface area contributed by atoms with Gasteiger partial charge in [-0.2, -0.15) is 4.31 Å². The van der Waals surface area contributed by atoms with Crippen molar-refractivity contribution in [3.8, 4) is 5.75 Å². The molecule has 176 valence electrons. The minimum absolute atomic E-state index is 0.0794. The highest BCUT2D eigenvalue weighted by molar-refractivity contribution is 7.89. The standard InChI is InChI=1S/C24H29N3O5S/c28-23-8-5-16-27(23)20-7-4-6-19(18-20)24(29)25-13-17-32-21-9-11-22(12-10-21)33(30,31)26-14-2-1-3-15-26/h4,6-7,9-12,18H,1-3,5,8,13-17H2,(H,25,29). The molecule has 0 radical (unpaired) electrons. The quantitative estimate of drug-likeness (QED) is 0.598. The third-order valence-corrected chi connectivity index (χ3v) is 7.84. The zero-order valence-electron chi connectivity index (χ0n) is 18.5. The fraction of sp³-hybridized carbons (Fsp3) is 0.417. The number of carbonyl (C=O) groups excluding carboxylic acids is 2. The Balaban J connectivity index is 1.26. The van der Waals surface area contributed by atoms with Crippen molar-refractivity contribution in [2.45, 2.75) is 37.0 Å². The smallest absolute Gasteiger partial charge is 0.251 e. The van der Waals surface area contributed by atoms with Crippen LogP contribution >= 0.6 is 0 Å². The van der Waals surface area contributed by atoms with Gasteiger partial charge in [-0.15, -0.1) is 0 Å². The van der Waals surface area contributed by atoms with Crippen LogP contribution in [0.25, 0.3) is 0 Å². The van der Waals surface area contributed by atoms with Gasteiger partial charge in [-0.25, -0.2) is 8.42 Å². The average Bonchev–Trinajstić information content (AvgIpc) is 3.28. The molecule has 0 atom stereocenters. The molecule has 2 fully saturated rings. The molecule has 8 nitrogen and oxygen atoms in total. The van der Waals surface area contributed by atoms with Crippen molar-refractivity contribution in [3.05, 3.63) is 54.1 Å². The van der Waals surface area contributed by atoms with Crippen molar-refractivity contribution in [2.75, 3.05) is 37.7 Å². The molecule has 2 aromatic rings. The number of hydrogen-bond donors (Lipinski definition) is 1. The Morgan fingerprint density at radius 3 is 2.42 bits per heavy atom. The summed E-state index contributed by atoms with van der Waals surface area (Å²) in [6, 6.07) is 13.4. The summed E-state index contributed by atoms with van der Waals surface area (Å²) < 4.78 is 32.6. The van der Waals surface area contributed by atoms with E-state index in [4.69, 9.17) is 4.74 Å². The first-order valence-electron chi connectivity index (χ1n) is 11.4. The summed E-state index contributed by atoms with van der Waals surface area (Å²) in [6.45, 7) is 2.35. The molecule has 4 rings (SSSR count). The summed E-state index contributed by atoms with van der Waals surface area (Å²) in [5.41, 5.74) is 1.22. The van der Waals surface area contributed by atoms with Crippen LogP contribution in [0.15, 0.2) is 53.4 Å². The van der Waals surface area contributed by atoms with Crippen LogP contribution in [0.4, 0.5) is 5.69 Å². The summed E-state index contributed by atoms with van der Waals surface area (Å²) in [4.78, 5) is 26.4. The third-order valence-electron chi connectivity index (χ3n) is 5.93. The van der Waals surface area contributed by atoms with Crippen molar-refractivity contribution in [1.29, 1.82) is 0 Å². The predicted molar refractivity (Wildman–Crippen MR) is 125 cm³/mol. The Bertz CT molecular complexity index is 1100. The summed E-state index contributed by atoms with van der Waals surface area (Å²) in [5.74, 6) is 0.377.